The fourth-order valence-corrected chi connectivity index (χ4v) is 3.34. The Balaban J connectivity index is 1.58. The third-order valence-electron chi connectivity index (χ3n) is 3.99. The first-order valence-corrected chi connectivity index (χ1v) is 9.64. The van der Waals surface area contributed by atoms with Crippen molar-refractivity contribution in [3.63, 3.8) is 0 Å². The molecule has 0 saturated carbocycles. The van der Waals surface area contributed by atoms with Gasteiger partial charge < -0.3 is 14.5 Å². The summed E-state index contributed by atoms with van der Waals surface area (Å²) < 4.78 is 37.1. The zero-order valence-electron chi connectivity index (χ0n) is 16.2. The average Bonchev–Trinajstić information content (AvgIpc) is 3.43. The molecule has 0 unspecified atom stereocenters. The molecule has 4 rings (SSSR count). The van der Waals surface area contributed by atoms with Crippen molar-refractivity contribution < 1.29 is 22.7 Å². The van der Waals surface area contributed by atoms with Crippen LogP contribution in [0.5, 0.6) is 5.75 Å². The number of amides is 1. The Morgan fingerprint density at radius 2 is 2.12 bits per heavy atom. The lowest BCUT2D eigenvalue weighted by molar-refractivity contribution is 0.0991. The summed E-state index contributed by atoms with van der Waals surface area (Å²) in [5.74, 6) is -1.29. The van der Waals surface area contributed by atoms with Crippen LogP contribution >= 0.6 is 11.3 Å². The Morgan fingerprint density at radius 1 is 1.28 bits per heavy atom. The number of pyridine rings is 1. The second-order valence-electron chi connectivity index (χ2n) is 6.02. The highest BCUT2D eigenvalue weighted by Gasteiger charge is 2.21. The molecule has 4 aromatic rings. The number of carbonyl (C=O) groups is 1. The zero-order valence-corrected chi connectivity index (χ0v) is 17.0. The van der Waals surface area contributed by atoms with Crippen molar-refractivity contribution in [3.8, 4) is 10.9 Å². The highest BCUT2D eigenvalue weighted by Crippen LogP contribution is 2.27. The van der Waals surface area contributed by atoms with Crippen LogP contribution in [-0.2, 0) is 0 Å². The van der Waals surface area contributed by atoms with Gasteiger partial charge in [-0.05, 0) is 18.2 Å². The Hall–Kier alpha value is -4.20. The van der Waals surface area contributed by atoms with Crippen molar-refractivity contribution in [2.45, 2.75) is 6.43 Å². The predicted molar refractivity (Wildman–Crippen MR) is 109 cm³/mol. The molecule has 0 atom stereocenters. The molecule has 0 saturated heterocycles. The minimum atomic E-state index is -2.77. The van der Waals surface area contributed by atoms with E-state index in [2.05, 4.69) is 30.9 Å². The first-order chi connectivity index (χ1) is 15.5. The van der Waals surface area contributed by atoms with Crippen molar-refractivity contribution in [3.05, 3.63) is 64.7 Å². The lowest BCUT2D eigenvalue weighted by Crippen LogP contribution is -2.16. The largest absolute Gasteiger partial charge is 0.488 e. The summed E-state index contributed by atoms with van der Waals surface area (Å²) in [5.41, 5.74) is -0.530. The van der Waals surface area contributed by atoms with Crippen molar-refractivity contribution in [2.24, 2.45) is 0 Å². The number of halogens is 2. The molecule has 4 heterocycles. The van der Waals surface area contributed by atoms with Crippen LogP contribution in [0.3, 0.4) is 0 Å². The van der Waals surface area contributed by atoms with Gasteiger partial charge in [-0.3, -0.25) is 15.1 Å². The van der Waals surface area contributed by atoms with Crippen LogP contribution in [-0.4, -0.2) is 38.0 Å². The maximum atomic E-state index is 13.0. The second kappa shape index (κ2) is 8.89. The molecule has 0 fully saturated rings. The molecule has 2 N–H and O–H groups in total. The minimum absolute atomic E-state index is 0.0130. The molecule has 0 aromatic carbocycles. The molecule has 164 valence electrons. The minimum Gasteiger partial charge on any atom is -0.488 e. The summed E-state index contributed by atoms with van der Waals surface area (Å²) >= 11 is 0.808. The first kappa shape index (κ1) is 21.0. The van der Waals surface area contributed by atoms with Gasteiger partial charge in [0.2, 0.25) is 16.0 Å². The summed E-state index contributed by atoms with van der Waals surface area (Å²) in [6.07, 6.45) is 1.52. The lowest BCUT2D eigenvalue weighted by atomic mass is 10.3. The number of carbonyl (C=O) groups excluding carboxylic acids is 1. The van der Waals surface area contributed by atoms with Gasteiger partial charge in [-0.25, -0.2) is 18.3 Å². The Labute approximate surface area is 181 Å². The van der Waals surface area contributed by atoms with Crippen LogP contribution in [0.1, 0.15) is 22.7 Å². The lowest BCUT2D eigenvalue weighted by Gasteiger charge is -2.10. The molecule has 0 bridgehead atoms. The van der Waals surface area contributed by atoms with E-state index in [9.17, 15) is 18.4 Å². The van der Waals surface area contributed by atoms with Crippen LogP contribution in [0, 0.1) is 0 Å². The van der Waals surface area contributed by atoms with Gasteiger partial charge in [-0.2, -0.15) is 5.10 Å². The van der Waals surface area contributed by atoms with Crippen LogP contribution < -0.4 is 21.0 Å². The summed E-state index contributed by atoms with van der Waals surface area (Å²) in [4.78, 5) is 28.8. The van der Waals surface area contributed by atoms with Crippen molar-refractivity contribution in [1.82, 2.24) is 25.0 Å². The molecule has 11 nitrogen and oxygen atoms in total. The fourth-order valence-electron chi connectivity index (χ4n) is 2.62. The molecule has 0 spiro atoms. The third kappa shape index (κ3) is 4.29. The topological polar surface area (TPSA) is 137 Å². The van der Waals surface area contributed by atoms with E-state index in [1.54, 1.807) is 18.3 Å². The number of hydrogen-bond donors (Lipinski definition) is 2. The molecule has 0 radical (unpaired) electrons. The van der Waals surface area contributed by atoms with Crippen molar-refractivity contribution >= 4 is 33.8 Å². The highest BCUT2D eigenvalue weighted by molar-refractivity contribution is 7.17. The monoisotopic (exact) mass is 461 g/mol. The van der Waals surface area contributed by atoms with Gasteiger partial charge in [0.1, 0.15) is 5.69 Å². The number of rotatable bonds is 7. The third-order valence-corrected chi connectivity index (χ3v) is 4.80. The van der Waals surface area contributed by atoms with Gasteiger partial charge in [-0.1, -0.05) is 11.3 Å². The smallest absolute Gasteiger partial charge is 0.381 e. The van der Waals surface area contributed by atoms with Gasteiger partial charge in [0.05, 0.1) is 24.7 Å². The summed E-state index contributed by atoms with van der Waals surface area (Å²) in [7, 11) is 1.28. The second-order valence-corrected chi connectivity index (χ2v) is 6.98. The van der Waals surface area contributed by atoms with E-state index < -0.39 is 18.0 Å². The molecular weight excluding hydrogens is 448 g/mol. The van der Waals surface area contributed by atoms with Crippen LogP contribution in [0.25, 0.3) is 5.13 Å². The molecule has 0 aliphatic carbocycles. The first-order valence-electron chi connectivity index (χ1n) is 8.82. The highest BCUT2D eigenvalue weighted by atomic mass is 32.1. The number of alkyl halides is 2. The van der Waals surface area contributed by atoms with E-state index >= 15 is 0 Å². The Bertz CT molecular complexity index is 1310. The number of nitrogens with one attached hydrogen (secondary N) is 2. The summed E-state index contributed by atoms with van der Waals surface area (Å²) in [6, 6.07) is 5.80. The zero-order chi connectivity index (χ0) is 22.7. The van der Waals surface area contributed by atoms with Crippen molar-refractivity contribution in [2.75, 3.05) is 17.7 Å². The van der Waals surface area contributed by atoms with E-state index in [4.69, 9.17) is 9.15 Å². The predicted octanol–water partition coefficient (Wildman–Crippen LogP) is 3.01. The fraction of sp³-hybridized carbons (Fsp3) is 0.111. The molecule has 0 aliphatic rings. The molecule has 1 amide bonds. The summed E-state index contributed by atoms with van der Waals surface area (Å²) in [6.45, 7) is 0. The number of anilines is 3. The normalized spacial score (nSPS) is 10.9. The maximum absolute atomic E-state index is 13.0. The molecule has 14 heteroatoms. The number of methoxy groups -OCH3 is 1. The molecule has 4 aromatic heterocycles. The number of ether oxygens (including phenoxy) is 1. The van der Waals surface area contributed by atoms with E-state index in [0.717, 1.165) is 22.1 Å². The number of aromatic nitrogens is 5. The summed E-state index contributed by atoms with van der Waals surface area (Å²) in [5, 5.41) is 16.6. The number of nitrogens with zero attached hydrogens (tertiary/aromatic N) is 5. The van der Waals surface area contributed by atoms with E-state index in [-0.39, 0.29) is 33.2 Å². The average molecular weight is 461 g/mol. The standard InChI is InChI=1S/C18H13F2N7O4S/c1-30-13-10(23-9-3-2-5-21-8-9)7-12(31-16(13)29)15(28)24-17-25-26-18(32-17)27-11(14(19)20)4-6-22-27/h2-8,14,23H,1H3,(H,24,25,28). The Kier molecular flexibility index (Phi) is 5.85. The van der Waals surface area contributed by atoms with Crippen molar-refractivity contribution in [1.29, 1.82) is 0 Å². The SMILES string of the molecule is COc1c(Nc2cccnc2)cc(C(=O)Nc2nnc(-n3nccc3C(F)F)s2)oc1=O. The number of hydrogen-bond acceptors (Lipinski definition) is 10. The van der Waals surface area contributed by atoms with Gasteiger partial charge in [0, 0.05) is 18.5 Å². The van der Waals surface area contributed by atoms with E-state index in [1.807, 2.05) is 0 Å². The maximum Gasteiger partial charge on any atom is 0.381 e. The van der Waals surface area contributed by atoms with Gasteiger partial charge in [-0.15, -0.1) is 10.2 Å². The molecule has 32 heavy (non-hydrogen) atoms. The van der Waals surface area contributed by atoms with E-state index in [0.29, 0.717) is 5.69 Å². The van der Waals surface area contributed by atoms with Crippen LogP contribution in [0.4, 0.5) is 25.3 Å². The van der Waals surface area contributed by atoms with Gasteiger partial charge in [0.15, 0.2) is 5.76 Å². The van der Waals surface area contributed by atoms with Gasteiger partial charge >= 0.3 is 5.63 Å². The van der Waals surface area contributed by atoms with Crippen LogP contribution in [0.2, 0.25) is 0 Å². The van der Waals surface area contributed by atoms with Gasteiger partial charge in [0.25, 0.3) is 12.3 Å². The van der Waals surface area contributed by atoms with E-state index in [1.165, 1.54) is 25.6 Å². The van der Waals surface area contributed by atoms with Crippen LogP contribution in [0.15, 0.2) is 52.1 Å². The molecular formula is C18H13F2N7O4S. The Morgan fingerprint density at radius 3 is 2.84 bits per heavy atom. The quantitative estimate of drug-likeness (QED) is 0.425. The molecule has 0 aliphatic heterocycles.